The van der Waals surface area contributed by atoms with Crippen molar-refractivity contribution in [3.63, 3.8) is 0 Å². The van der Waals surface area contributed by atoms with Crippen molar-refractivity contribution >= 4 is 16.9 Å². The number of carbonyl (C=O) groups is 1. The van der Waals surface area contributed by atoms with Crippen LogP contribution in [0.5, 0.6) is 0 Å². The summed E-state index contributed by atoms with van der Waals surface area (Å²) in [6.07, 6.45) is 3.98. The Kier molecular flexibility index (Phi) is 3.64. The minimum atomic E-state index is 0.0280. The highest BCUT2D eigenvalue weighted by atomic mass is 16.1. The molecule has 0 saturated carbocycles. The summed E-state index contributed by atoms with van der Waals surface area (Å²) in [5.41, 5.74) is 2.88. The number of fused-ring (bicyclic) bond motifs is 1. The number of nitrogens with zero attached hydrogens (tertiary/aromatic N) is 3. The molecule has 1 aromatic carbocycles. The van der Waals surface area contributed by atoms with Crippen LogP contribution in [0.25, 0.3) is 16.9 Å². The van der Waals surface area contributed by atoms with Gasteiger partial charge in [-0.3, -0.25) is 9.36 Å². The van der Waals surface area contributed by atoms with E-state index < -0.39 is 0 Å². The Morgan fingerprint density at radius 3 is 2.90 bits per heavy atom. The molecule has 0 aliphatic heterocycles. The van der Waals surface area contributed by atoms with E-state index in [-0.39, 0.29) is 5.91 Å². The SMILES string of the molecule is CCC(=O)NCc1cccnc1-n1cnc2ccccc21. The third-order valence-corrected chi connectivity index (χ3v) is 3.35. The summed E-state index contributed by atoms with van der Waals surface area (Å²) in [7, 11) is 0. The topological polar surface area (TPSA) is 59.8 Å². The molecular formula is C16H16N4O. The summed E-state index contributed by atoms with van der Waals surface area (Å²) >= 11 is 0. The molecule has 5 heteroatoms. The summed E-state index contributed by atoms with van der Waals surface area (Å²) < 4.78 is 1.95. The second-order valence-electron chi connectivity index (χ2n) is 4.72. The molecule has 0 spiro atoms. The number of imidazole rings is 1. The largest absolute Gasteiger partial charge is 0.352 e. The van der Waals surface area contributed by atoms with Gasteiger partial charge < -0.3 is 5.32 Å². The quantitative estimate of drug-likeness (QED) is 0.798. The van der Waals surface area contributed by atoms with E-state index in [0.29, 0.717) is 13.0 Å². The highest BCUT2D eigenvalue weighted by molar-refractivity contribution is 5.77. The van der Waals surface area contributed by atoms with E-state index in [2.05, 4.69) is 15.3 Å². The van der Waals surface area contributed by atoms with Gasteiger partial charge >= 0.3 is 0 Å². The van der Waals surface area contributed by atoms with Crippen molar-refractivity contribution in [2.24, 2.45) is 0 Å². The Balaban J connectivity index is 2.00. The van der Waals surface area contributed by atoms with Crippen molar-refractivity contribution in [1.82, 2.24) is 19.9 Å². The second kappa shape index (κ2) is 5.75. The standard InChI is InChI=1S/C16H16N4O/c1-2-15(21)18-10-12-6-5-9-17-16(12)20-11-19-13-7-3-4-8-14(13)20/h3-9,11H,2,10H2,1H3,(H,18,21). The lowest BCUT2D eigenvalue weighted by molar-refractivity contribution is -0.120. The fraction of sp³-hybridized carbons (Fsp3) is 0.188. The van der Waals surface area contributed by atoms with Gasteiger partial charge in [0.2, 0.25) is 5.91 Å². The molecule has 5 nitrogen and oxygen atoms in total. The predicted molar refractivity (Wildman–Crippen MR) is 81.0 cm³/mol. The average Bonchev–Trinajstić information content (AvgIpc) is 2.96. The van der Waals surface area contributed by atoms with Crippen LogP contribution in [0, 0.1) is 0 Å². The van der Waals surface area contributed by atoms with Crippen molar-refractivity contribution in [3.05, 3.63) is 54.5 Å². The molecule has 3 rings (SSSR count). The smallest absolute Gasteiger partial charge is 0.219 e. The number of carbonyl (C=O) groups excluding carboxylic acids is 1. The molecule has 2 aromatic heterocycles. The van der Waals surface area contributed by atoms with Gasteiger partial charge in [0.15, 0.2) is 0 Å². The number of nitrogens with one attached hydrogen (secondary N) is 1. The summed E-state index contributed by atoms with van der Waals surface area (Å²) in [6.45, 7) is 2.30. The van der Waals surface area contributed by atoms with E-state index in [4.69, 9.17) is 0 Å². The molecule has 0 fully saturated rings. The highest BCUT2D eigenvalue weighted by Crippen LogP contribution is 2.19. The normalized spacial score (nSPS) is 10.7. The van der Waals surface area contributed by atoms with E-state index in [1.807, 2.05) is 47.9 Å². The van der Waals surface area contributed by atoms with Gasteiger partial charge in [0, 0.05) is 24.7 Å². The first-order chi connectivity index (χ1) is 10.3. The number of benzene rings is 1. The number of amides is 1. The number of hydrogen-bond acceptors (Lipinski definition) is 3. The molecule has 0 bridgehead atoms. The van der Waals surface area contributed by atoms with Crippen LogP contribution in [0.4, 0.5) is 0 Å². The Hall–Kier alpha value is -2.69. The molecule has 106 valence electrons. The van der Waals surface area contributed by atoms with Gasteiger partial charge in [-0.15, -0.1) is 0 Å². The highest BCUT2D eigenvalue weighted by Gasteiger charge is 2.10. The van der Waals surface area contributed by atoms with E-state index >= 15 is 0 Å². The van der Waals surface area contributed by atoms with Crippen LogP contribution in [0.15, 0.2) is 48.9 Å². The Labute approximate surface area is 122 Å². The number of pyridine rings is 1. The summed E-state index contributed by atoms with van der Waals surface area (Å²) in [4.78, 5) is 20.3. The maximum atomic E-state index is 11.4. The molecule has 0 atom stereocenters. The zero-order valence-electron chi connectivity index (χ0n) is 11.8. The van der Waals surface area contributed by atoms with Crippen LogP contribution in [0.1, 0.15) is 18.9 Å². The fourth-order valence-electron chi connectivity index (χ4n) is 2.23. The number of para-hydroxylation sites is 2. The number of hydrogen-bond donors (Lipinski definition) is 1. The third-order valence-electron chi connectivity index (χ3n) is 3.35. The van der Waals surface area contributed by atoms with Crippen LogP contribution in [-0.4, -0.2) is 20.4 Å². The Bertz CT molecular complexity index is 779. The van der Waals surface area contributed by atoms with Gasteiger partial charge in [0.05, 0.1) is 11.0 Å². The molecular weight excluding hydrogens is 264 g/mol. The van der Waals surface area contributed by atoms with E-state index in [1.165, 1.54) is 0 Å². The van der Waals surface area contributed by atoms with Gasteiger partial charge in [-0.25, -0.2) is 9.97 Å². The molecule has 1 N–H and O–H groups in total. The molecule has 0 unspecified atom stereocenters. The molecule has 0 saturated heterocycles. The molecule has 0 aliphatic rings. The Morgan fingerprint density at radius 1 is 1.19 bits per heavy atom. The maximum absolute atomic E-state index is 11.4. The zero-order chi connectivity index (χ0) is 14.7. The zero-order valence-corrected chi connectivity index (χ0v) is 11.8. The van der Waals surface area contributed by atoms with Crippen molar-refractivity contribution in [2.45, 2.75) is 19.9 Å². The van der Waals surface area contributed by atoms with Crippen LogP contribution in [-0.2, 0) is 11.3 Å². The van der Waals surface area contributed by atoms with Crippen molar-refractivity contribution in [1.29, 1.82) is 0 Å². The minimum Gasteiger partial charge on any atom is -0.352 e. The molecule has 21 heavy (non-hydrogen) atoms. The van der Waals surface area contributed by atoms with Crippen LogP contribution >= 0.6 is 0 Å². The maximum Gasteiger partial charge on any atom is 0.219 e. The lowest BCUT2D eigenvalue weighted by Crippen LogP contribution is -2.22. The van der Waals surface area contributed by atoms with Crippen molar-refractivity contribution in [2.75, 3.05) is 0 Å². The fourth-order valence-corrected chi connectivity index (χ4v) is 2.23. The van der Waals surface area contributed by atoms with Gasteiger partial charge in [0.25, 0.3) is 0 Å². The first-order valence-electron chi connectivity index (χ1n) is 6.92. The molecule has 0 radical (unpaired) electrons. The van der Waals surface area contributed by atoms with E-state index in [0.717, 1.165) is 22.4 Å². The molecule has 1 amide bonds. The van der Waals surface area contributed by atoms with Gasteiger partial charge in [0.1, 0.15) is 12.1 Å². The van der Waals surface area contributed by atoms with Crippen LogP contribution < -0.4 is 5.32 Å². The van der Waals surface area contributed by atoms with E-state index in [9.17, 15) is 4.79 Å². The first-order valence-corrected chi connectivity index (χ1v) is 6.92. The monoisotopic (exact) mass is 280 g/mol. The van der Waals surface area contributed by atoms with Gasteiger partial charge in [-0.2, -0.15) is 0 Å². The third kappa shape index (κ3) is 2.63. The number of rotatable bonds is 4. The van der Waals surface area contributed by atoms with E-state index in [1.54, 1.807) is 12.5 Å². The summed E-state index contributed by atoms with van der Waals surface area (Å²) in [6, 6.07) is 11.7. The lowest BCUT2D eigenvalue weighted by Gasteiger charge is -2.10. The lowest BCUT2D eigenvalue weighted by atomic mass is 10.2. The summed E-state index contributed by atoms with van der Waals surface area (Å²) in [5, 5.41) is 2.89. The molecule has 3 aromatic rings. The van der Waals surface area contributed by atoms with Crippen LogP contribution in [0.3, 0.4) is 0 Å². The number of aromatic nitrogens is 3. The Morgan fingerprint density at radius 2 is 2.05 bits per heavy atom. The average molecular weight is 280 g/mol. The van der Waals surface area contributed by atoms with Gasteiger partial charge in [-0.05, 0) is 18.2 Å². The van der Waals surface area contributed by atoms with Crippen molar-refractivity contribution < 1.29 is 4.79 Å². The molecule has 0 aliphatic carbocycles. The second-order valence-corrected chi connectivity index (χ2v) is 4.72. The van der Waals surface area contributed by atoms with Gasteiger partial charge in [-0.1, -0.05) is 25.1 Å². The molecule has 2 heterocycles. The van der Waals surface area contributed by atoms with Crippen molar-refractivity contribution in [3.8, 4) is 5.82 Å². The minimum absolute atomic E-state index is 0.0280. The summed E-state index contributed by atoms with van der Waals surface area (Å²) in [5.74, 6) is 0.822. The van der Waals surface area contributed by atoms with Crippen LogP contribution in [0.2, 0.25) is 0 Å². The predicted octanol–water partition coefficient (Wildman–Crippen LogP) is 2.45. The first kappa shape index (κ1) is 13.3.